The molecule has 0 aliphatic carbocycles. The van der Waals surface area contributed by atoms with Gasteiger partial charge in [-0.2, -0.15) is 0 Å². The van der Waals surface area contributed by atoms with Crippen molar-refractivity contribution in [2.45, 2.75) is 20.8 Å². The molecule has 1 heterocycles. The Kier molecular flexibility index (Phi) is 4.98. The maximum Gasteiger partial charge on any atom is 0.134 e. The van der Waals surface area contributed by atoms with E-state index in [0.717, 1.165) is 37.1 Å². The number of aryl methyl sites for hydroxylation is 1. The Labute approximate surface area is 97.1 Å². The maximum absolute atomic E-state index is 5.45. The number of nitrogens with two attached hydrogens (primary N) is 1. The summed E-state index contributed by atoms with van der Waals surface area (Å²) in [6, 6.07) is 1.97. The van der Waals surface area contributed by atoms with E-state index in [2.05, 4.69) is 34.0 Å². The average molecular weight is 223 g/mol. The minimum absolute atomic E-state index is 0.601. The third kappa shape index (κ3) is 3.34. The van der Waals surface area contributed by atoms with Crippen LogP contribution in [0.3, 0.4) is 0 Å². The van der Waals surface area contributed by atoms with Crippen LogP contribution in [-0.4, -0.2) is 36.1 Å². The molecule has 5 nitrogen and oxygen atoms in total. The summed E-state index contributed by atoms with van der Waals surface area (Å²) < 4.78 is 0. The molecule has 0 radical (unpaired) electrons. The van der Waals surface area contributed by atoms with Crippen molar-refractivity contribution in [1.82, 2.24) is 9.97 Å². The zero-order chi connectivity index (χ0) is 12.0. The summed E-state index contributed by atoms with van der Waals surface area (Å²) in [5.41, 5.74) is 5.45. The monoisotopic (exact) mass is 223 g/mol. The van der Waals surface area contributed by atoms with E-state index in [1.807, 2.05) is 13.0 Å². The molecule has 0 fully saturated rings. The molecule has 0 saturated heterocycles. The maximum atomic E-state index is 5.45. The van der Waals surface area contributed by atoms with Crippen LogP contribution < -0.4 is 16.0 Å². The molecular weight excluding hydrogens is 202 g/mol. The van der Waals surface area contributed by atoms with Crippen LogP contribution in [0.25, 0.3) is 0 Å². The molecule has 1 aromatic rings. The fourth-order valence-electron chi connectivity index (χ4n) is 1.55. The van der Waals surface area contributed by atoms with E-state index in [9.17, 15) is 0 Å². The molecule has 0 spiro atoms. The number of hydrogen-bond donors (Lipinski definition) is 2. The molecule has 0 unspecified atom stereocenters. The third-order valence-electron chi connectivity index (χ3n) is 2.36. The molecule has 0 aromatic carbocycles. The highest BCUT2D eigenvalue weighted by Crippen LogP contribution is 2.15. The highest BCUT2D eigenvalue weighted by atomic mass is 15.2. The summed E-state index contributed by atoms with van der Waals surface area (Å²) in [4.78, 5) is 10.9. The molecule has 0 aliphatic heterocycles. The van der Waals surface area contributed by atoms with Gasteiger partial charge in [0, 0.05) is 32.2 Å². The van der Waals surface area contributed by atoms with E-state index in [-0.39, 0.29) is 0 Å². The van der Waals surface area contributed by atoms with Crippen molar-refractivity contribution in [3.63, 3.8) is 0 Å². The molecule has 0 saturated carbocycles. The fraction of sp³-hybridized carbons (Fsp3) is 0.636. The number of nitrogens with one attached hydrogen (secondary N) is 1. The summed E-state index contributed by atoms with van der Waals surface area (Å²) in [6.07, 6.45) is 0. The number of aromatic nitrogens is 2. The minimum Gasteiger partial charge on any atom is -0.369 e. The van der Waals surface area contributed by atoms with Crippen molar-refractivity contribution < 1.29 is 0 Å². The first-order valence-corrected chi connectivity index (χ1v) is 5.75. The molecule has 0 amide bonds. The van der Waals surface area contributed by atoms with Gasteiger partial charge in [0.2, 0.25) is 0 Å². The lowest BCUT2D eigenvalue weighted by Crippen LogP contribution is -2.24. The van der Waals surface area contributed by atoms with Gasteiger partial charge in [0.1, 0.15) is 17.5 Å². The lowest BCUT2D eigenvalue weighted by atomic mass is 10.4. The highest BCUT2D eigenvalue weighted by Gasteiger charge is 2.06. The topological polar surface area (TPSA) is 67.1 Å². The van der Waals surface area contributed by atoms with Crippen molar-refractivity contribution in [2.24, 2.45) is 5.73 Å². The van der Waals surface area contributed by atoms with Crippen molar-refractivity contribution in [3.8, 4) is 0 Å². The molecule has 0 aliphatic rings. The van der Waals surface area contributed by atoms with Gasteiger partial charge in [-0.3, -0.25) is 0 Å². The van der Waals surface area contributed by atoms with Gasteiger partial charge in [-0.05, 0) is 20.8 Å². The number of hydrogen-bond acceptors (Lipinski definition) is 5. The predicted octanol–water partition coefficient (Wildman–Crippen LogP) is 1.00. The Morgan fingerprint density at radius 1 is 1.31 bits per heavy atom. The van der Waals surface area contributed by atoms with Gasteiger partial charge in [0.15, 0.2) is 0 Å². The van der Waals surface area contributed by atoms with Gasteiger partial charge in [-0.1, -0.05) is 0 Å². The first kappa shape index (κ1) is 12.7. The molecule has 1 rings (SSSR count). The Hall–Kier alpha value is -1.36. The van der Waals surface area contributed by atoms with Gasteiger partial charge in [-0.15, -0.1) is 0 Å². The van der Waals surface area contributed by atoms with Crippen LogP contribution in [0.15, 0.2) is 6.07 Å². The quantitative estimate of drug-likeness (QED) is 0.753. The number of rotatable bonds is 6. The Morgan fingerprint density at radius 2 is 2.00 bits per heavy atom. The van der Waals surface area contributed by atoms with E-state index in [1.54, 1.807) is 0 Å². The fourth-order valence-corrected chi connectivity index (χ4v) is 1.55. The zero-order valence-electron chi connectivity index (χ0n) is 10.3. The third-order valence-corrected chi connectivity index (χ3v) is 2.36. The summed E-state index contributed by atoms with van der Waals surface area (Å²) in [5.74, 6) is 2.60. The second kappa shape index (κ2) is 6.27. The van der Waals surface area contributed by atoms with Crippen molar-refractivity contribution in [1.29, 1.82) is 0 Å². The minimum atomic E-state index is 0.601. The molecule has 3 N–H and O–H groups in total. The number of anilines is 2. The van der Waals surface area contributed by atoms with Crippen molar-refractivity contribution in [2.75, 3.05) is 36.4 Å². The van der Waals surface area contributed by atoms with Gasteiger partial charge in [0.05, 0.1) is 0 Å². The smallest absolute Gasteiger partial charge is 0.134 e. The van der Waals surface area contributed by atoms with Crippen LogP contribution in [0, 0.1) is 6.92 Å². The van der Waals surface area contributed by atoms with Crippen LogP contribution >= 0.6 is 0 Å². The average Bonchev–Trinajstić information content (AvgIpc) is 2.27. The van der Waals surface area contributed by atoms with Crippen LogP contribution in [0.5, 0.6) is 0 Å². The Balaban J connectivity index is 2.88. The largest absolute Gasteiger partial charge is 0.369 e. The standard InChI is InChI=1S/C11H21N5/c1-4-16(5-2)11-8-10(13-7-6-12)14-9(3)15-11/h8H,4-7,12H2,1-3H3,(H,13,14,15). The highest BCUT2D eigenvalue weighted by molar-refractivity contribution is 5.49. The van der Waals surface area contributed by atoms with E-state index >= 15 is 0 Å². The van der Waals surface area contributed by atoms with Crippen LogP contribution in [0.2, 0.25) is 0 Å². The number of nitrogens with zero attached hydrogens (tertiary/aromatic N) is 3. The molecule has 1 aromatic heterocycles. The second-order valence-corrected chi connectivity index (χ2v) is 3.55. The molecule has 0 atom stereocenters. The van der Waals surface area contributed by atoms with Gasteiger partial charge < -0.3 is 16.0 Å². The molecule has 16 heavy (non-hydrogen) atoms. The molecule has 0 bridgehead atoms. The van der Waals surface area contributed by atoms with Gasteiger partial charge in [0.25, 0.3) is 0 Å². The first-order valence-electron chi connectivity index (χ1n) is 5.75. The zero-order valence-corrected chi connectivity index (χ0v) is 10.3. The van der Waals surface area contributed by atoms with Gasteiger partial charge >= 0.3 is 0 Å². The SMILES string of the molecule is CCN(CC)c1cc(NCCN)nc(C)n1. The Morgan fingerprint density at radius 3 is 2.56 bits per heavy atom. The second-order valence-electron chi connectivity index (χ2n) is 3.55. The van der Waals surface area contributed by atoms with E-state index in [1.165, 1.54) is 0 Å². The molecular formula is C11H21N5. The van der Waals surface area contributed by atoms with Crippen LogP contribution in [-0.2, 0) is 0 Å². The van der Waals surface area contributed by atoms with Crippen molar-refractivity contribution in [3.05, 3.63) is 11.9 Å². The van der Waals surface area contributed by atoms with Crippen LogP contribution in [0.1, 0.15) is 19.7 Å². The Bertz CT molecular complexity index is 322. The van der Waals surface area contributed by atoms with Crippen LogP contribution in [0.4, 0.5) is 11.6 Å². The normalized spacial score (nSPS) is 10.2. The summed E-state index contributed by atoms with van der Waals surface area (Å²) in [5, 5.41) is 3.18. The molecule has 90 valence electrons. The first-order chi connectivity index (χ1) is 7.71. The summed E-state index contributed by atoms with van der Waals surface area (Å²) in [6.45, 7) is 9.37. The van der Waals surface area contributed by atoms with E-state index < -0.39 is 0 Å². The van der Waals surface area contributed by atoms with Gasteiger partial charge in [-0.25, -0.2) is 9.97 Å². The summed E-state index contributed by atoms with van der Waals surface area (Å²) in [7, 11) is 0. The lowest BCUT2D eigenvalue weighted by molar-refractivity contribution is 0.833. The lowest BCUT2D eigenvalue weighted by Gasteiger charge is -2.20. The summed E-state index contributed by atoms with van der Waals surface area (Å²) >= 11 is 0. The predicted molar refractivity (Wildman–Crippen MR) is 67.9 cm³/mol. The molecule has 5 heteroatoms. The van der Waals surface area contributed by atoms with Crippen molar-refractivity contribution >= 4 is 11.6 Å². The van der Waals surface area contributed by atoms with E-state index in [4.69, 9.17) is 5.73 Å². The van der Waals surface area contributed by atoms with E-state index in [0.29, 0.717) is 6.54 Å².